The molecule has 0 saturated heterocycles. The number of nitrogens with one attached hydrogen (secondary N) is 1. The Hall–Kier alpha value is -1.25. The molecule has 3 nitrogen and oxygen atoms in total. The van der Waals surface area contributed by atoms with E-state index in [0.717, 1.165) is 6.42 Å². The van der Waals surface area contributed by atoms with Gasteiger partial charge < -0.3 is 4.74 Å². The predicted molar refractivity (Wildman–Crippen MR) is 39.5 cm³/mol. The molecular formula is C7H11NO2. The molecule has 10 heavy (non-hydrogen) atoms. The van der Waals surface area contributed by atoms with Crippen molar-refractivity contribution < 1.29 is 9.53 Å². The molecule has 0 rings (SSSR count). The zero-order valence-electron chi connectivity index (χ0n) is 5.96. The first-order valence-corrected chi connectivity index (χ1v) is 2.91. The molecule has 3 heteroatoms. The highest BCUT2D eigenvalue weighted by Gasteiger charge is 1.88. The van der Waals surface area contributed by atoms with Crippen molar-refractivity contribution >= 4 is 6.09 Å². The van der Waals surface area contributed by atoms with Crippen molar-refractivity contribution in [2.45, 2.75) is 6.42 Å². The Labute approximate surface area is 60.4 Å². The van der Waals surface area contributed by atoms with Gasteiger partial charge in [-0.05, 0) is 6.42 Å². The van der Waals surface area contributed by atoms with Gasteiger partial charge in [-0.15, -0.1) is 6.58 Å². The molecule has 0 aromatic heterocycles. The Balaban J connectivity index is 3.33. The van der Waals surface area contributed by atoms with Gasteiger partial charge in [-0.3, -0.25) is 5.32 Å². The summed E-state index contributed by atoms with van der Waals surface area (Å²) in [5.74, 6) is 0. The highest BCUT2D eigenvalue weighted by molar-refractivity contribution is 5.68. The van der Waals surface area contributed by atoms with Crippen molar-refractivity contribution in [1.82, 2.24) is 5.32 Å². The second-order valence-corrected chi connectivity index (χ2v) is 1.56. The summed E-state index contributed by atoms with van der Waals surface area (Å²) < 4.78 is 4.30. The Morgan fingerprint density at radius 1 is 1.80 bits per heavy atom. The standard InChI is InChI=1S/C7H11NO2/c1-3-4-5-6-8-7(9)10-2/h3,5-6H,1,4H2,2H3,(H,8,9)/b6-5-. The van der Waals surface area contributed by atoms with Crippen LogP contribution in [0.3, 0.4) is 0 Å². The minimum absolute atomic E-state index is 0.458. The predicted octanol–water partition coefficient (Wildman–Crippen LogP) is 1.43. The van der Waals surface area contributed by atoms with E-state index < -0.39 is 6.09 Å². The van der Waals surface area contributed by atoms with Gasteiger partial charge in [0.15, 0.2) is 0 Å². The lowest BCUT2D eigenvalue weighted by atomic mass is 10.4. The Morgan fingerprint density at radius 3 is 3.00 bits per heavy atom. The lowest BCUT2D eigenvalue weighted by Gasteiger charge is -1.93. The fourth-order valence-electron chi connectivity index (χ4n) is 0.350. The number of hydrogen-bond acceptors (Lipinski definition) is 2. The molecule has 0 unspecified atom stereocenters. The third-order valence-electron chi connectivity index (χ3n) is 0.807. The van der Waals surface area contributed by atoms with E-state index in [1.807, 2.05) is 0 Å². The molecule has 0 aromatic carbocycles. The third-order valence-corrected chi connectivity index (χ3v) is 0.807. The summed E-state index contributed by atoms with van der Waals surface area (Å²) in [6, 6.07) is 0. The maximum atomic E-state index is 10.4. The first-order valence-electron chi connectivity index (χ1n) is 2.91. The van der Waals surface area contributed by atoms with E-state index in [2.05, 4.69) is 16.6 Å². The van der Waals surface area contributed by atoms with E-state index in [4.69, 9.17) is 0 Å². The molecule has 0 aromatic rings. The van der Waals surface area contributed by atoms with Gasteiger partial charge in [0, 0.05) is 6.20 Å². The quantitative estimate of drug-likeness (QED) is 0.604. The zero-order chi connectivity index (χ0) is 7.82. The molecule has 0 saturated carbocycles. The number of ether oxygens (including phenoxy) is 1. The molecule has 0 spiro atoms. The molecule has 1 amide bonds. The molecule has 0 radical (unpaired) electrons. The van der Waals surface area contributed by atoms with Gasteiger partial charge in [-0.25, -0.2) is 4.79 Å². The van der Waals surface area contributed by atoms with Crippen molar-refractivity contribution in [3.05, 3.63) is 24.9 Å². The molecule has 0 aliphatic rings. The smallest absolute Gasteiger partial charge is 0.410 e. The number of carbonyl (C=O) groups is 1. The van der Waals surface area contributed by atoms with Gasteiger partial charge in [0.1, 0.15) is 0 Å². The number of alkyl carbamates (subject to hydrolysis) is 1. The van der Waals surface area contributed by atoms with Gasteiger partial charge in [0.2, 0.25) is 0 Å². The van der Waals surface area contributed by atoms with Crippen LogP contribution in [0.5, 0.6) is 0 Å². The minimum atomic E-state index is -0.458. The number of amides is 1. The highest BCUT2D eigenvalue weighted by atomic mass is 16.5. The molecule has 0 heterocycles. The SMILES string of the molecule is C=CC/C=C\NC(=O)OC. The number of carbonyl (C=O) groups excluding carboxylic acids is 1. The fraction of sp³-hybridized carbons (Fsp3) is 0.286. The molecule has 0 aliphatic carbocycles. The van der Waals surface area contributed by atoms with Crippen LogP contribution in [-0.4, -0.2) is 13.2 Å². The van der Waals surface area contributed by atoms with E-state index in [0.29, 0.717) is 0 Å². The summed E-state index contributed by atoms with van der Waals surface area (Å²) in [5, 5.41) is 2.38. The van der Waals surface area contributed by atoms with E-state index in [1.54, 1.807) is 12.2 Å². The number of allylic oxidation sites excluding steroid dienone is 2. The fourth-order valence-corrected chi connectivity index (χ4v) is 0.350. The number of methoxy groups -OCH3 is 1. The van der Waals surface area contributed by atoms with Gasteiger partial charge >= 0.3 is 6.09 Å². The van der Waals surface area contributed by atoms with E-state index in [9.17, 15) is 4.79 Å². The maximum Gasteiger partial charge on any atom is 0.410 e. The molecule has 0 aliphatic heterocycles. The van der Waals surface area contributed by atoms with Crippen molar-refractivity contribution in [3.8, 4) is 0 Å². The summed E-state index contributed by atoms with van der Waals surface area (Å²) in [4.78, 5) is 10.4. The third kappa shape index (κ3) is 4.90. The Morgan fingerprint density at radius 2 is 2.50 bits per heavy atom. The number of hydrogen-bond donors (Lipinski definition) is 1. The molecule has 0 atom stereocenters. The normalized spacial score (nSPS) is 9.30. The van der Waals surface area contributed by atoms with Crippen LogP contribution < -0.4 is 5.32 Å². The van der Waals surface area contributed by atoms with Gasteiger partial charge in [0.25, 0.3) is 0 Å². The average molecular weight is 141 g/mol. The first-order chi connectivity index (χ1) is 4.81. The van der Waals surface area contributed by atoms with Crippen LogP contribution in [-0.2, 0) is 4.74 Å². The zero-order valence-corrected chi connectivity index (χ0v) is 5.96. The van der Waals surface area contributed by atoms with E-state index in [-0.39, 0.29) is 0 Å². The van der Waals surface area contributed by atoms with Gasteiger partial charge in [-0.2, -0.15) is 0 Å². The minimum Gasteiger partial charge on any atom is -0.453 e. The summed E-state index contributed by atoms with van der Waals surface area (Å²) in [7, 11) is 1.32. The van der Waals surface area contributed by atoms with Crippen LogP contribution in [0, 0.1) is 0 Å². The average Bonchev–Trinajstić information content (AvgIpc) is 1.98. The van der Waals surface area contributed by atoms with Crippen molar-refractivity contribution in [3.63, 3.8) is 0 Å². The van der Waals surface area contributed by atoms with Crippen LogP contribution >= 0.6 is 0 Å². The lowest BCUT2D eigenvalue weighted by Crippen LogP contribution is -2.15. The molecule has 0 bridgehead atoms. The van der Waals surface area contributed by atoms with E-state index in [1.165, 1.54) is 13.3 Å². The topological polar surface area (TPSA) is 38.3 Å². The van der Waals surface area contributed by atoms with E-state index >= 15 is 0 Å². The summed E-state index contributed by atoms with van der Waals surface area (Å²) in [6.07, 6.45) is 5.30. The molecule has 56 valence electrons. The second-order valence-electron chi connectivity index (χ2n) is 1.56. The lowest BCUT2D eigenvalue weighted by molar-refractivity contribution is 0.175. The Kier molecular flexibility index (Phi) is 5.14. The summed E-state index contributed by atoms with van der Waals surface area (Å²) >= 11 is 0. The van der Waals surface area contributed by atoms with Crippen LogP contribution in [0.25, 0.3) is 0 Å². The van der Waals surface area contributed by atoms with Crippen molar-refractivity contribution in [2.24, 2.45) is 0 Å². The summed E-state index contributed by atoms with van der Waals surface area (Å²) in [5.41, 5.74) is 0. The van der Waals surface area contributed by atoms with Gasteiger partial charge in [0.05, 0.1) is 7.11 Å². The monoisotopic (exact) mass is 141 g/mol. The van der Waals surface area contributed by atoms with Crippen molar-refractivity contribution in [2.75, 3.05) is 7.11 Å². The maximum absolute atomic E-state index is 10.4. The Bertz CT molecular complexity index is 141. The number of rotatable bonds is 3. The highest BCUT2D eigenvalue weighted by Crippen LogP contribution is 1.80. The van der Waals surface area contributed by atoms with Gasteiger partial charge in [-0.1, -0.05) is 12.2 Å². The van der Waals surface area contributed by atoms with Crippen LogP contribution in [0.15, 0.2) is 24.9 Å². The largest absolute Gasteiger partial charge is 0.453 e. The van der Waals surface area contributed by atoms with Crippen LogP contribution in [0.4, 0.5) is 4.79 Å². The summed E-state index contributed by atoms with van der Waals surface area (Å²) in [6.45, 7) is 3.50. The first kappa shape index (κ1) is 8.75. The van der Waals surface area contributed by atoms with Crippen LogP contribution in [0.1, 0.15) is 6.42 Å². The molecule has 1 N–H and O–H groups in total. The van der Waals surface area contributed by atoms with Crippen LogP contribution in [0.2, 0.25) is 0 Å². The molecule has 0 fully saturated rings. The second kappa shape index (κ2) is 5.88. The molecular weight excluding hydrogens is 130 g/mol. The van der Waals surface area contributed by atoms with Crippen molar-refractivity contribution in [1.29, 1.82) is 0 Å².